The summed E-state index contributed by atoms with van der Waals surface area (Å²) in [4.78, 5) is 0. The molecule has 0 aromatic rings. The Morgan fingerprint density at radius 1 is 0.341 bits per heavy atom. The van der Waals surface area contributed by atoms with E-state index in [0.29, 0.717) is 6.42 Å². The molecule has 0 aliphatic carbocycles. The van der Waals surface area contributed by atoms with Crippen molar-refractivity contribution in [2.75, 3.05) is 31.9 Å². The highest BCUT2D eigenvalue weighted by Gasteiger charge is 2.25. The van der Waals surface area contributed by atoms with Crippen molar-refractivity contribution in [1.82, 2.24) is 0 Å². The smallest absolute Gasteiger partial charge is 0.264 e. The number of nitrogens with zero attached hydrogens (tertiary/aromatic N) is 1. The Hall–Kier alpha value is -0.130. The molecule has 0 bridgehead atoms. The van der Waals surface area contributed by atoms with Crippen LogP contribution in [-0.4, -0.2) is 49.4 Å². The van der Waals surface area contributed by atoms with Crippen LogP contribution in [0.5, 0.6) is 0 Å². The number of unbranched alkanes of at least 4 members (excludes halogenated alkanes) is 24. The Balaban J connectivity index is 0. The summed E-state index contributed by atoms with van der Waals surface area (Å²) in [6.45, 7) is 17.0. The quantitative estimate of drug-likeness (QED) is 0.0430. The van der Waals surface area contributed by atoms with Crippen molar-refractivity contribution in [3.8, 4) is 0 Å². The fraction of sp³-hybridized carbons (Fsp3) is 1.00. The predicted octanol–water partition coefficient (Wildman–Crippen LogP) is 13.1. The van der Waals surface area contributed by atoms with Crippen molar-refractivity contribution in [2.24, 2.45) is 0 Å². The molecule has 5 heteroatoms. The van der Waals surface area contributed by atoms with E-state index in [-0.39, 0.29) is 5.75 Å². The van der Waals surface area contributed by atoms with Gasteiger partial charge in [-0.3, -0.25) is 4.55 Å². The number of hydrogen-bond donors (Lipinski definition) is 1. The van der Waals surface area contributed by atoms with Crippen LogP contribution in [0.15, 0.2) is 0 Å². The van der Waals surface area contributed by atoms with E-state index < -0.39 is 10.1 Å². The second kappa shape index (κ2) is 35.7. The molecular weight excluding hydrogens is 563 g/mol. The lowest BCUT2D eigenvalue weighted by Crippen LogP contribution is -2.50. The normalized spacial score (nSPS) is 12.0. The zero-order valence-corrected chi connectivity index (χ0v) is 32.0. The standard InChI is InChI=1S/C36H76N.C3H8O3S/c1-5-9-13-17-21-22-23-24-28-32-36-37(33-29-25-18-14-10-6-2,34-30-26-19-15-11-7-3)35-31-27-20-16-12-8-4;1-2-3-7(4,5)6/h5-36H2,1-4H3;2-3H2,1H3,(H,4,5,6)/q+1;. The monoisotopic (exact) mass is 647 g/mol. The Labute approximate surface area is 279 Å². The van der Waals surface area contributed by atoms with Crippen LogP contribution in [0.3, 0.4) is 0 Å². The maximum Gasteiger partial charge on any atom is 0.264 e. The molecule has 0 heterocycles. The lowest BCUT2D eigenvalue weighted by molar-refractivity contribution is -0.929. The SMILES string of the molecule is CCCCCCCCCCCC[N+](CCCCCCCC)(CCCCCCCC)CCCCCCCC.CCCS(=O)(=O)O. The lowest BCUT2D eigenvalue weighted by atomic mass is 10.0. The molecule has 0 aliphatic rings. The Kier molecular flexibility index (Phi) is 37.3. The molecule has 0 saturated heterocycles. The zero-order chi connectivity index (χ0) is 33.0. The molecule has 0 radical (unpaired) electrons. The van der Waals surface area contributed by atoms with E-state index >= 15 is 0 Å². The van der Waals surface area contributed by atoms with Gasteiger partial charge in [0, 0.05) is 0 Å². The van der Waals surface area contributed by atoms with Crippen molar-refractivity contribution in [3.63, 3.8) is 0 Å². The van der Waals surface area contributed by atoms with E-state index in [4.69, 9.17) is 4.55 Å². The number of rotatable bonds is 34. The molecule has 0 atom stereocenters. The van der Waals surface area contributed by atoms with Gasteiger partial charge in [0.05, 0.1) is 31.9 Å². The first-order chi connectivity index (χ1) is 21.3. The van der Waals surface area contributed by atoms with Gasteiger partial charge in [0.15, 0.2) is 0 Å². The Bertz CT molecular complexity index is 596. The van der Waals surface area contributed by atoms with Crippen LogP contribution in [-0.2, 0) is 10.1 Å². The minimum atomic E-state index is -3.67. The highest BCUT2D eigenvalue weighted by molar-refractivity contribution is 7.85. The van der Waals surface area contributed by atoms with Gasteiger partial charge in [-0.15, -0.1) is 0 Å². The highest BCUT2D eigenvalue weighted by atomic mass is 32.2. The van der Waals surface area contributed by atoms with Gasteiger partial charge in [-0.1, -0.05) is 163 Å². The molecule has 0 unspecified atom stereocenters. The van der Waals surface area contributed by atoms with Crippen molar-refractivity contribution < 1.29 is 17.5 Å². The second-order valence-corrected chi connectivity index (χ2v) is 15.6. The summed E-state index contributed by atoms with van der Waals surface area (Å²) in [6.07, 6.45) is 41.2. The molecule has 1 N–H and O–H groups in total. The molecule has 4 nitrogen and oxygen atoms in total. The average Bonchev–Trinajstić information content (AvgIpc) is 2.99. The molecule has 0 spiro atoms. The van der Waals surface area contributed by atoms with Crippen LogP contribution in [0.1, 0.15) is 221 Å². The third-order valence-corrected chi connectivity index (χ3v) is 10.3. The first-order valence-electron chi connectivity index (χ1n) is 20.1. The van der Waals surface area contributed by atoms with Crippen molar-refractivity contribution in [1.29, 1.82) is 0 Å². The molecule has 0 amide bonds. The van der Waals surface area contributed by atoms with Gasteiger partial charge in [0.1, 0.15) is 0 Å². The summed E-state index contributed by atoms with van der Waals surface area (Å²) in [6, 6.07) is 0. The molecule has 0 saturated carbocycles. The minimum absolute atomic E-state index is 0.132. The van der Waals surface area contributed by atoms with Gasteiger partial charge in [-0.2, -0.15) is 8.42 Å². The van der Waals surface area contributed by atoms with Gasteiger partial charge in [-0.25, -0.2) is 0 Å². The Morgan fingerprint density at radius 2 is 0.545 bits per heavy atom. The van der Waals surface area contributed by atoms with E-state index in [2.05, 4.69) is 27.7 Å². The van der Waals surface area contributed by atoms with Crippen LogP contribution in [0.2, 0.25) is 0 Å². The third kappa shape index (κ3) is 36.3. The van der Waals surface area contributed by atoms with E-state index in [1.54, 1.807) is 6.92 Å². The molecule has 0 aliphatic heterocycles. The summed E-state index contributed by atoms with van der Waals surface area (Å²) in [5.74, 6) is -0.132. The van der Waals surface area contributed by atoms with Crippen LogP contribution in [0.25, 0.3) is 0 Å². The van der Waals surface area contributed by atoms with E-state index in [1.807, 2.05) is 0 Å². The maximum absolute atomic E-state index is 9.79. The van der Waals surface area contributed by atoms with Gasteiger partial charge >= 0.3 is 0 Å². The highest BCUT2D eigenvalue weighted by Crippen LogP contribution is 2.21. The fourth-order valence-corrected chi connectivity index (χ4v) is 7.06. The minimum Gasteiger partial charge on any atom is -0.324 e. The Morgan fingerprint density at radius 3 is 0.705 bits per heavy atom. The second-order valence-electron chi connectivity index (χ2n) is 14.0. The topological polar surface area (TPSA) is 54.4 Å². The van der Waals surface area contributed by atoms with Crippen molar-refractivity contribution in [3.05, 3.63) is 0 Å². The predicted molar refractivity (Wildman–Crippen MR) is 198 cm³/mol. The molecular formula is C39H84NO3S+. The van der Waals surface area contributed by atoms with Crippen LogP contribution < -0.4 is 0 Å². The van der Waals surface area contributed by atoms with Gasteiger partial charge in [-0.05, 0) is 57.8 Å². The lowest BCUT2D eigenvalue weighted by Gasteiger charge is -2.40. The summed E-state index contributed by atoms with van der Waals surface area (Å²) in [5, 5.41) is 0. The van der Waals surface area contributed by atoms with Crippen LogP contribution >= 0.6 is 0 Å². The third-order valence-electron chi connectivity index (χ3n) is 9.41. The van der Waals surface area contributed by atoms with Gasteiger partial charge in [0.25, 0.3) is 10.1 Å². The first-order valence-corrected chi connectivity index (χ1v) is 21.7. The van der Waals surface area contributed by atoms with Crippen LogP contribution in [0.4, 0.5) is 0 Å². The number of hydrogen-bond acceptors (Lipinski definition) is 2. The molecule has 268 valence electrons. The van der Waals surface area contributed by atoms with E-state index in [9.17, 15) is 8.42 Å². The van der Waals surface area contributed by atoms with Crippen molar-refractivity contribution in [2.45, 2.75) is 221 Å². The first kappa shape index (κ1) is 46.0. The zero-order valence-electron chi connectivity index (χ0n) is 31.2. The fourth-order valence-electron chi connectivity index (χ4n) is 6.55. The van der Waals surface area contributed by atoms with E-state index in [0.717, 1.165) is 0 Å². The molecule has 0 rings (SSSR count). The van der Waals surface area contributed by atoms with Crippen LogP contribution in [0, 0.1) is 0 Å². The molecule has 44 heavy (non-hydrogen) atoms. The van der Waals surface area contributed by atoms with Gasteiger partial charge in [0.2, 0.25) is 0 Å². The van der Waals surface area contributed by atoms with Crippen molar-refractivity contribution >= 4 is 10.1 Å². The van der Waals surface area contributed by atoms with E-state index in [1.165, 1.54) is 210 Å². The average molecular weight is 647 g/mol. The summed E-state index contributed by atoms with van der Waals surface area (Å²) in [7, 11) is -3.67. The number of quaternary nitrogens is 1. The van der Waals surface area contributed by atoms with Gasteiger partial charge < -0.3 is 4.48 Å². The summed E-state index contributed by atoms with van der Waals surface area (Å²) >= 11 is 0. The summed E-state index contributed by atoms with van der Waals surface area (Å²) < 4.78 is 29.0. The summed E-state index contributed by atoms with van der Waals surface area (Å²) in [5.41, 5.74) is 0. The molecule has 0 aromatic heterocycles. The maximum atomic E-state index is 9.79. The largest absolute Gasteiger partial charge is 0.324 e. The molecule has 0 fully saturated rings. The molecule has 0 aromatic carbocycles.